The summed E-state index contributed by atoms with van der Waals surface area (Å²) in [6.07, 6.45) is 4.22. The molecule has 0 aliphatic rings. The highest BCUT2D eigenvalue weighted by Crippen LogP contribution is 2.06. The molecular weight excluding hydrogens is 252 g/mol. The Morgan fingerprint density at radius 3 is 2.65 bits per heavy atom. The molecule has 2 N–H and O–H groups in total. The molecule has 2 aromatic rings. The largest absolute Gasteiger partial charge is 0.352 e. The third-order valence-corrected chi connectivity index (χ3v) is 3.02. The molecule has 5 heteroatoms. The molecule has 1 aromatic carbocycles. The first-order valence-corrected chi connectivity index (χ1v) is 6.74. The van der Waals surface area contributed by atoms with Crippen LogP contribution in [0.4, 0.5) is 0 Å². The van der Waals surface area contributed by atoms with Gasteiger partial charge >= 0.3 is 0 Å². The van der Waals surface area contributed by atoms with E-state index in [2.05, 4.69) is 27.9 Å². The Balaban J connectivity index is 1.81. The number of carbonyl (C=O) groups is 1. The zero-order chi connectivity index (χ0) is 14.2. The van der Waals surface area contributed by atoms with Crippen LogP contribution in [0.25, 0.3) is 0 Å². The maximum absolute atomic E-state index is 11.5. The second kappa shape index (κ2) is 7.45. The minimum atomic E-state index is 0.0694. The molecule has 5 nitrogen and oxygen atoms in total. The summed E-state index contributed by atoms with van der Waals surface area (Å²) >= 11 is 0. The summed E-state index contributed by atoms with van der Waals surface area (Å²) in [5.41, 5.74) is 2.30. The lowest BCUT2D eigenvalue weighted by Crippen LogP contribution is -2.26. The van der Waals surface area contributed by atoms with Crippen LogP contribution in [0.1, 0.15) is 17.5 Å². The SMILES string of the molecule is CNCCC(=O)NCc1ccc(Cn2cccn2)cc1. The van der Waals surface area contributed by atoms with Crippen molar-refractivity contribution in [3.63, 3.8) is 0 Å². The smallest absolute Gasteiger partial charge is 0.221 e. The molecule has 0 atom stereocenters. The number of hydrogen-bond acceptors (Lipinski definition) is 3. The monoisotopic (exact) mass is 272 g/mol. The molecule has 0 fully saturated rings. The summed E-state index contributed by atoms with van der Waals surface area (Å²) in [6.45, 7) is 2.04. The Labute approximate surface area is 119 Å². The van der Waals surface area contributed by atoms with E-state index in [-0.39, 0.29) is 5.91 Å². The standard InChI is InChI=1S/C15H20N4O/c1-16-9-7-15(20)17-11-13-3-5-14(6-4-13)12-19-10-2-8-18-19/h2-6,8,10,16H,7,9,11-12H2,1H3,(H,17,20). The fraction of sp³-hybridized carbons (Fsp3) is 0.333. The maximum atomic E-state index is 11.5. The van der Waals surface area contributed by atoms with Crippen molar-refractivity contribution in [2.75, 3.05) is 13.6 Å². The Bertz CT molecular complexity index is 519. The first-order valence-electron chi connectivity index (χ1n) is 6.74. The number of rotatable bonds is 7. The zero-order valence-electron chi connectivity index (χ0n) is 11.7. The van der Waals surface area contributed by atoms with Crippen LogP contribution in [-0.2, 0) is 17.9 Å². The minimum absolute atomic E-state index is 0.0694. The normalized spacial score (nSPS) is 10.4. The van der Waals surface area contributed by atoms with Crippen LogP contribution >= 0.6 is 0 Å². The first kappa shape index (κ1) is 14.3. The molecule has 0 bridgehead atoms. The fourth-order valence-corrected chi connectivity index (χ4v) is 1.87. The minimum Gasteiger partial charge on any atom is -0.352 e. The van der Waals surface area contributed by atoms with E-state index < -0.39 is 0 Å². The van der Waals surface area contributed by atoms with E-state index in [1.165, 1.54) is 5.56 Å². The molecule has 0 aliphatic heterocycles. The predicted molar refractivity (Wildman–Crippen MR) is 78.2 cm³/mol. The quantitative estimate of drug-likeness (QED) is 0.795. The molecule has 20 heavy (non-hydrogen) atoms. The first-order chi connectivity index (χ1) is 9.78. The summed E-state index contributed by atoms with van der Waals surface area (Å²) in [5, 5.41) is 10.0. The molecule has 0 saturated heterocycles. The lowest BCUT2D eigenvalue weighted by Gasteiger charge is -2.07. The molecule has 0 aliphatic carbocycles. The Morgan fingerprint density at radius 2 is 2.00 bits per heavy atom. The predicted octanol–water partition coefficient (Wildman–Crippen LogP) is 1.16. The van der Waals surface area contributed by atoms with Gasteiger partial charge in [-0.05, 0) is 24.2 Å². The second-order valence-electron chi connectivity index (χ2n) is 4.65. The van der Waals surface area contributed by atoms with Crippen molar-refractivity contribution < 1.29 is 4.79 Å². The van der Waals surface area contributed by atoms with Gasteiger partial charge < -0.3 is 10.6 Å². The van der Waals surface area contributed by atoms with E-state index in [0.717, 1.165) is 12.1 Å². The van der Waals surface area contributed by atoms with Gasteiger partial charge in [0, 0.05) is 31.9 Å². The highest BCUT2D eigenvalue weighted by molar-refractivity contribution is 5.76. The maximum Gasteiger partial charge on any atom is 0.221 e. The van der Waals surface area contributed by atoms with Crippen LogP contribution < -0.4 is 10.6 Å². The summed E-state index contributed by atoms with van der Waals surface area (Å²) in [6, 6.07) is 10.1. The number of amides is 1. The summed E-state index contributed by atoms with van der Waals surface area (Å²) in [7, 11) is 1.84. The van der Waals surface area contributed by atoms with Crippen molar-refractivity contribution in [3.05, 3.63) is 53.9 Å². The molecule has 0 radical (unpaired) electrons. The van der Waals surface area contributed by atoms with Gasteiger partial charge in [0.05, 0.1) is 6.54 Å². The molecule has 2 rings (SSSR count). The van der Waals surface area contributed by atoms with Gasteiger partial charge in [-0.15, -0.1) is 0 Å². The third-order valence-electron chi connectivity index (χ3n) is 3.02. The average Bonchev–Trinajstić information content (AvgIpc) is 2.97. The van der Waals surface area contributed by atoms with Crippen LogP contribution in [0.2, 0.25) is 0 Å². The van der Waals surface area contributed by atoms with Crippen LogP contribution in [0, 0.1) is 0 Å². The fourth-order valence-electron chi connectivity index (χ4n) is 1.87. The van der Waals surface area contributed by atoms with Gasteiger partial charge in [0.1, 0.15) is 0 Å². The van der Waals surface area contributed by atoms with Gasteiger partial charge in [-0.1, -0.05) is 24.3 Å². The van der Waals surface area contributed by atoms with E-state index in [9.17, 15) is 4.79 Å². The topological polar surface area (TPSA) is 59.0 Å². The van der Waals surface area contributed by atoms with Crippen LogP contribution in [0.3, 0.4) is 0 Å². The number of benzene rings is 1. The number of aromatic nitrogens is 2. The highest BCUT2D eigenvalue weighted by atomic mass is 16.1. The lowest BCUT2D eigenvalue weighted by atomic mass is 10.1. The number of nitrogens with zero attached hydrogens (tertiary/aromatic N) is 2. The average molecular weight is 272 g/mol. The van der Waals surface area contributed by atoms with Crippen molar-refractivity contribution in [1.29, 1.82) is 0 Å². The van der Waals surface area contributed by atoms with Crippen molar-refractivity contribution >= 4 is 5.91 Å². The van der Waals surface area contributed by atoms with Gasteiger partial charge in [-0.25, -0.2) is 0 Å². The molecule has 0 unspecified atom stereocenters. The van der Waals surface area contributed by atoms with E-state index >= 15 is 0 Å². The molecule has 1 amide bonds. The van der Waals surface area contributed by atoms with E-state index in [4.69, 9.17) is 0 Å². The Kier molecular flexibility index (Phi) is 5.32. The zero-order valence-corrected chi connectivity index (χ0v) is 11.7. The molecule has 0 spiro atoms. The van der Waals surface area contributed by atoms with Gasteiger partial charge in [0.2, 0.25) is 5.91 Å². The van der Waals surface area contributed by atoms with Crippen molar-refractivity contribution in [2.24, 2.45) is 0 Å². The van der Waals surface area contributed by atoms with Crippen LogP contribution in [0.5, 0.6) is 0 Å². The summed E-state index contributed by atoms with van der Waals surface area (Å²) < 4.78 is 1.88. The molecule has 0 saturated carbocycles. The van der Waals surface area contributed by atoms with E-state index in [0.29, 0.717) is 19.5 Å². The summed E-state index contributed by atoms with van der Waals surface area (Å²) in [5.74, 6) is 0.0694. The van der Waals surface area contributed by atoms with Gasteiger partial charge in [-0.2, -0.15) is 5.10 Å². The third kappa shape index (κ3) is 4.51. The number of carbonyl (C=O) groups excluding carboxylic acids is 1. The second-order valence-corrected chi connectivity index (χ2v) is 4.65. The Hall–Kier alpha value is -2.14. The lowest BCUT2D eigenvalue weighted by molar-refractivity contribution is -0.121. The molecule has 1 heterocycles. The highest BCUT2D eigenvalue weighted by Gasteiger charge is 2.01. The summed E-state index contributed by atoms with van der Waals surface area (Å²) in [4.78, 5) is 11.5. The van der Waals surface area contributed by atoms with Crippen molar-refractivity contribution in [1.82, 2.24) is 20.4 Å². The van der Waals surface area contributed by atoms with Gasteiger partial charge in [0.15, 0.2) is 0 Å². The Morgan fingerprint density at radius 1 is 1.25 bits per heavy atom. The van der Waals surface area contributed by atoms with Crippen LogP contribution in [-0.4, -0.2) is 29.3 Å². The van der Waals surface area contributed by atoms with E-state index in [1.54, 1.807) is 6.20 Å². The van der Waals surface area contributed by atoms with Crippen molar-refractivity contribution in [2.45, 2.75) is 19.5 Å². The molecule has 1 aromatic heterocycles. The number of nitrogens with one attached hydrogen (secondary N) is 2. The van der Waals surface area contributed by atoms with Crippen molar-refractivity contribution in [3.8, 4) is 0 Å². The van der Waals surface area contributed by atoms with Gasteiger partial charge in [0.25, 0.3) is 0 Å². The van der Waals surface area contributed by atoms with Crippen LogP contribution in [0.15, 0.2) is 42.7 Å². The molecule has 106 valence electrons. The van der Waals surface area contributed by atoms with E-state index in [1.807, 2.05) is 36.1 Å². The van der Waals surface area contributed by atoms with Gasteiger partial charge in [-0.3, -0.25) is 9.48 Å². The molecular formula is C15H20N4O. The number of hydrogen-bond donors (Lipinski definition) is 2.